The minimum Gasteiger partial charge on any atom is -0.269 e. The molecule has 1 atom stereocenters. The molecule has 1 fully saturated rings. The van der Waals surface area contributed by atoms with Crippen molar-refractivity contribution in [3.8, 4) is 0 Å². The average molecular weight is 347 g/mol. The molecule has 1 aromatic rings. The van der Waals surface area contributed by atoms with E-state index in [2.05, 4.69) is 0 Å². The number of imide groups is 1. The van der Waals surface area contributed by atoms with E-state index in [4.69, 9.17) is 0 Å². The Labute approximate surface area is 142 Å². The van der Waals surface area contributed by atoms with Crippen LogP contribution >= 0.6 is 0 Å². The van der Waals surface area contributed by atoms with Gasteiger partial charge in [-0.15, -0.1) is 0 Å². The Morgan fingerprint density at radius 3 is 2.28 bits per heavy atom. The van der Waals surface area contributed by atoms with Gasteiger partial charge < -0.3 is 0 Å². The van der Waals surface area contributed by atoms with Gasteiger partial charge in [0.05, 0.1) is 16.1 Å². The van der Waals surface area contributed by atoms with Crippen molar-refractivity contribution in [3.63, 3.8) is 0 Å². The lowest BCUT2D eigenvalue weighted by atomic mass is 9.83. The molecule has 2 aliphatic rings. The normalized spacial score (nSPS) is 19.0. The highest BCUT2D eigenvalue weighted by molar-refractivity contribution is 6.21. The second-order valence-electron chi connectivity index (χ2n) is 6.45. The van der Waals surface area contributed by atoms with E-state index < -0.39 is 34.2 Å². The van der Waals surface area contributed by atoms with Crippen LogP contribution in [0.4, 0.5) is 5.69 Å². The van der Waals surface area contributed by atoms with Crippen molar-refractivity contribution in [2.75, 3.05) is 6.54 Å². The van der Waals surface area contributed by atoms with E-state index in [0.29, 0.717) is 0 Å². The fourth-order valence-corrected chi connectivity index (χ4v) is 3.78. The van der Waals surface area contributed by atoms with Gasteiger partial charge in [-0.2, -0.15) is 0 Å². The summed E-state index contributed by atoms with van der Waals surface area (Å²) >= 11 is 0. The summed E-state index contributed by atoms with van der Waals surface area (Å²) in [5.41, 5.74) is -0.270. The predicted octanol–water partition coefficient (Wildman–Crippen LogP) is 2.42. The molecule has 25 heavy (non-hydrogen) atoms. The number of rotatable bonds is 5. The van der Waals surface area contributed by atoms with Gasteiger partial charge in [-0.05, 0) is 24.8 Å². The molecule has 132 valence electrons. The molecule has 1 aliphatic carbocycles. The molecule has 0 N–H and O–H groups in total. The zero-order valence-electron chi connectivity index (χ0n) is 13.4. The smallest absolute Gasteiger partial charge is 0.269 e. The summed E-state index contributed by atoms with van der Waals surface area (Å²) in [6.45, 7) is -0.502. The third-order valence-corrected chi connectivity index (χ3v) is 4.97. The number of carbonyl (C=O) groups excluding carboxylic acids is 2. The largest absolute Gasteiger partial charge is 0.270 e. The first-order valence-corrected chi connectivity index (χ1v) is 8.18. The Morgan fingerprint density at radius 1 is 1.04 bits per heavy atom. The lowest BCUT2D eigenvalue weighted by Gasteiger charge is -2.32. The molecule has 3 rings (SSSR count). The standard InChI is InChI=1S/C16H17N3O6/c20-15-12-7-6-11(19(24)25)8-13(12)16(21)18(15)14(9-17(22)23)10-4-2-1-3-5-10/h6-8,10,14H,1-5,9H2. The molecule has 1 aliphatic heterocycles. The molecule has 1 aromatic carbocycles. The molecule has 0 spiro atoms. The van der Waals surface area contributed by atoms with Crippen molar-refractivity contribution in [2.45, 2.75) is 38.1 Å². The van der Waals surface area contributed by atoms with E-state index in [1.54, 1.807) is 0 Å². The SMILES string of the molecule is O=C1c2ccc([N+](=O)[O-])cc2C(=O)N1C(C[N+](=O)[O-])C1CCCCC1. The van der Waals surface area contributed by atoms with E-state index in [1.807, 2.05) is 0 Å². The van der Waals surface area contributed by atoms with Crippen LogP contribution in [0.3, 0.4) is 0 Å². The number of non-ortho nitro benzene ring substituents is 1. The van der Waals surface area contributed by atoms with Crippen LogP contribution in [0.25, 0.3) is 0 Å². The molecule has 9 nitrogen and oxygen atoms in total. The number of benzene rings is 1. The van der Waals surface area contributed by atoms with Gasteiger partial charge in [-0.1, -0.05) is 19.3 Å². The average Bonchev–Trinajstić information content (AvgIpc) is 2.84. The summed E-state index contributed by atoms with van der Waals surface area (Å²) in [5, 5.41) is 22.0. The molecular weight excluding hydrogens is 330 g/mol. The van der Waals surface area contributed by atoms with Gasteiger partial charge in [0.15, 0.2) is 0 Å². The lowest BCUT2D eigenvalue weighted by Crippen LogP contribution is -2.48. The summed E-state index contributed by atoms with van der Waals surface area (Å²) in [6.07, 6.45) is 4.31. The topological polar surface area (TPSA) is 124 Å². The maximum Gasteiger partial charge on any atom is 0.270 e. The number of amides is 2. The summed E-state index contributed by atoms with van der Waals surface area (Å²) in [7, 11) is 0. The maximum atomic E-state index is 12.7. The fraction of sp³-hybridized carbons (Fsp3) is 0.500. The Kier molecular flexibility index (Phi) is 4.47. The number of hydrogen-bond donors (Lipinski definition) is 0. The lowest BCUT2D eigenvalue weighted by molar-refractivity contribution is -0.487. The van der Waals surface area contributed by atoms with Crippen LogP contribution in [0.15, 0.2) is 18.2 Å². The number of fused-ring (bicyclic) bond motifs is 1. The Hall–Kier alpha value is -2.84. The molecule has 0 saturated heterocycles. The van der Waals surface area contributed by atoms with Crippen LogP contribution in [0.1, 0.15) is 52.8 Å². The summed E-state index contributed by atoms with van der Waals surface area (Å²) in [4.78, 5) is 47.2. The number of nitrogens with zero attached hydrogens (tertiary/aromatic N) is 3. The predicted molar refractivity (Wildman–Crippen MR) is 85.8 cm³/mol. The van der Waals surface area contributed by atoms with Gasteiger partial charge in [0, 0.05) is 17.1 Å². The number of hydrogen-bond acceptors (Lipinski definition) is 6. The van der Waals surface area contributed by atoms with Crippen molar-refractivity contribution in [3.05, 3.63) is 49.6 Å². The van der Waals surface area contributed by atoms with Gasteiger partial charge in [0.2, 0.25) is 6.54 Å². The zero-order chi connectivity index (χ0) is 18.1. The summed E-state index contributed by atoms with van der Waals surface area (Å²) in [5.74, 6) is -1.40. The molecular formula is C16H17N3O6. The summed E-state index contributed by atoms with van der Waals surface area (Å²) in [6, 6.07) is 2.66. The van der Waals surface area contributed by atoms with Crippen LogP contribution in [0.5, 0.6) is 0 Å². The molecule has 0 radical (unpaired) electrons. The van der Waals surface area contributed by atoms with Gasteiger partial charge in [-0.3, -0.25) is 34.7 Å². The second kappa shape index (κ2) is 6.58. The van der Waals surface area contributed by atoms with Crippen LogP contribution in [-0.4, -0.2) is 39.1 Å². The zero-order valence-corrected chi connectivity index (χ0v) is 13.4. The monoisotopic (exact) mass is 347 g/mol. The minimum absolute atomic E-state index is 0.0524. The molecule has 1 heterocycles. The minimum atomic E-state index is -0.818. The van der Waals surface area contributed by atoms with Gasteiger partial charge in [0.25, 0.3) is 17.5 Å². The third kappa shape index (κ3) is 3.09. The van der Waals surface area contributed by atoms with Crippen LogP contribution in [0, 0.1) is 26.1 Å². The number of nitro groups is 2. The van der Waals surface area contributed by atoms with Crippen molar-refractivity contribution >= 4 is 17.5 Å². The highest BCUT2D eigenvalue weighted by Crippen LogP contribution is 2.34. The van der Waals surface area contributed by atoms with E-state index in [-0.39, 0.29) is 22.7 Å². The van der Waals surface area contributed by atoms with Crippen LogP contribution in [-0.2, 0) is 0 Å². The first-order valence-electron chi connectivity index (χ1n) is 8.18. The van der Waals surface area contributed by atoms with Gasteiger partial charge >= 0.3 is 0 Å². The van der Waals surface area contributed by atoms with Crippen LogP contribution in [0.2, 0.25) is 0 Å². The first kappa shape index (κ1) is 17.0. The second-order valence-corrected chi connectivity index (χ2v) is 6.45. The number of nitro benzene ring substituents is 1. The molecule has 1 saturated carbocycles. The Balaban J connectivity index is 1.96. The van der Waals surface area contributed by atoms with Gasteiger partial charge in [-0.25, -0.2) is 0 Å². The van der Waals surface area contributed by atoms with Crippen molar-refractivity contribution in [1.82, 2.24) is 4.90 Å². The number of carbonyl (C=O) groups is 2. The highest BCUT2D eigenvalue weighted by Gasteiger charge is 2.45. The van der Waals surface area contributed by atoms with Crippen molar-refractivity contribution < 1.29 is 19.4 Å². The molecule has 9 heteroatoms. The van der Waals surface area contributed by atoms with Crippen LogP contribution < -0.4 is 0 Å². The first-order chi connectivity index (χ1) is 11.9. The van der Waals surface area contributed by atoms with Crippen molar-refractivity contribution in [2.24, 2.45) is 5.92 Å². The highest BCUT2D eigenvalue weighted by atomic mass is 16.6. The maximum absolute atomic E-state index is 12.7. The van der Waals surface area contributed by atoms with E-state index >= 15 is 0 Å². The molecule has 0 aromatic heterocycles. The fourth-order valence-electron chi connectivity index (χ4n) is 3.78. The van der Waals surface area contributed by atoms with E-state index in [9.17, 15) is 29.8 Å². The van der Waals surface area contributed by atoms with E-state index in [1.165, 1.54) is 6.07 Å². The van der Waals surface area contributed by atoms with E-state index in [0.717, 1.165) is 49.1 Å². The van der Waals surface area contributed by atoms with Crippen molar-refractivity contribution in [1.29, 1.82) is 0 Å². The molecule has 2 amide bonds. The van der Waals surface area contributed by atoms with Gasteiger partial charge in [0.1, 0.15) is 6.04 Å². The molecule has 1 unspecified atom stereocenters. The Bertz CT molecular complexity index is 756. The third-order valence-electron chi connectivity index (χ3n) is 4.97. The quantitative estimate of drug-likeness (QED) is 0.458. The summed E-state index contributed by atoms with van der Waals surface area (Å²) < 4.78 is 0. The Morgan fingerprint density at radius 2 is 1.68 bits per heavy atom. The molecule has 0 bridgehead atoms.